The maximum absolute atomic E-state index is 6.30. The van der Waals surface area contributed by atoms with E-state index in [0.717, 1.165) is 18.7 Å². The molecule has 0 saturated carbocycles. The number of fused-ring (bicyclic) bond motifs is 1. The molecule has 0 bridgehead atoms. The molecule has 3 nitrogen and oxygen atoms in total. The highest BCUT2D eigenvalue weighted by molar-refractivity contribution is 7.80. The average molecular weight is 310 g/mol. The van der Waals surface area contributed by atoms with Crippen LogP contribution in [0.5, 0.6) is 0 Å². The van der Waals surface area contributed by atoms with Gasteiger partial charge in [-0.25, -0.2) is 0 Å². The summed E-state index contributed by atoms with van der Waals surface area (Å²) in [6, 6.07) is 7.23. The van der Waals surface area contributed by atoms with Crippen LogP contribution >= 0.6 is 23.8 Å². The summed E-state index contributed by atoms with van der Waals surface area (Å²) in [5, 5.41) is 0.649. The summed E-state index contributed by atoms with van der Waals surface area (Å²) >= 11 is 11.3. The van der Waals surface area contributed by atoms with Gasteiger partial charge in [0, 0.05) is 36.4 Å². The van der Waals surface area contributed by atoms with Gasteiger partial charge in [0.25, 0.3) is 0 Å². The minimum atomic E-state index is 0.357. The highest BCUT2D eigenvalue weighted by Crippen LogP contribution is 2.31. The third-order valence-corrected chi connectivity index (χ3v) is 5.02. The molecular formula is C15H20ClN3S. The quantitative estimate of drug-likeness (QED) is 0.851. The molecule has 0 amide bonds. The van der Waals surface area contributed by atoms with E-state index in [1.165, 1.54) is 25.1 Å². The number of thiocarbonyl (C=S) groups is 1. The predicted molar refractivity (Wildman–Crippen MR) is 88.7 cm³/mol. The fourth-order valence-electron chi connectivity index (χ4n) is 3.43. The van der Waals surface area contributed by atoms with E-state index < -0.39 is 0 Å². The van der Waals surface area contributed by atoms with Crippen LogP contribution in [0.25, 0.3) is 0 Å². The monoisotopic (exact) mass is 309 g/mol. The first-order valence-electron chi connectivity index (χ1n) is 7.16. The maximum Gasteiger partial charge on any atom is 0.105 e. The summed E-state index contributed by atoms with van der Waals surface area (Å²) in [4.78, 5) is 5.43. The average Bonchev–Trinajstić information content (AvgIpc) is 2.84. The van der Waals surface area contributed by atoms with Crippen LogP contribution in [0, 0.1) is 0 Å². The van der Waals surface area contributed by atoms with Crippen molar-refractivity contribution in [2.24, 2.45) is 5.73 Å². The molecule has 20 heavy (non-hydrogen) atoms. The van der Waals surface area contributed by atoms with E-state index >= 15 is 0 Å². The number of anilines is 1. The minimum absolute atomic E-state index is 0.357. The lowest BCUT2D eigenvalue weighted by Gasteiger charge is -2.43. The van der Waals surface area contributed by atoms with Gasteiger partial charge in [-0.15, -0.1) is 0 Å². The smallest absolute Gasteiger partial charge is 0.105 e. The van der Waals surface area contributed by atoms with Crippen molar-refractivity contribution in [1.29, 1.82) is 0 Å². The molecule has 0 spiro atoms. The van der Waals surface area contributed by atoms with Crippen LogP contribution in [-0.2, 0) is 0 Å². The third kappa shape index (κ3) is 2.52. The Kier molecular flexibility index (Phi) is 3.89. The lowest BCUT2D eigenvalue weighted by atomic mass is 10.1. The van der Waals surface area contributed by atoms with Gasteiger partial charge in [-0.3, -0.25) is 4.90 Å². The first-order valence-corrected chi connectivity index (χ1v) is 7.95. The topological polar surface area (TPSA) is 32.5 Å². The molecule has 2 heterocycles. The predicted octanol–water partition coefficient (Wildman–Crippen LogP) is 2.65. The van der Waals surface area contributed by atoms with E-state index in [0.29, 0.717) is 22.1 Å². The first kappa shape index (κ1) is 14.1. The number of rotatable bonds is 2. The largest absolute Gasteiger partial charge is 0.389 e. The van der Waals surface area contributed by atoms with Crippen molar-refractivity contribution in [3.05, 3.63) is 28.8 Å². The molecule has 108 valence electrons. The number of halogens is 1. The Morgan fingerprint density at radius 1 is 1.40 bits per heavy atom. The van der Waals surface area contributed by atoms with Crippen LogP contribution in [0.2, 0.25) is 5.02 Å². The molecule has 3 rings (SSSR count). The van der Waals surface area contributed by atoms with E-state index in [2.05, 4.69) is 22.8 Å². The van der Waals surface area contributed by atoms with Gasteiger partial charge in [-0.1, -0.05) is 23.8 Å². The summed E-state index contributed by atoms with van der Waals surface area (Å²) in [5.41, 5.74) is 7.60. The van der Waals surface area contributed by atoms with E-state index in [9.17, 15) is 0 Å². The number of hydrogen-bond donors (Lipinski definition) is 1. The van der Waals surface area contributed by atoms with E-state index in [1.807, 2.05) is 12.1 Å². The molecule has 0 radical (unpaired) electrons. The fourth-order valence-corrected chi connectivity index (χ4v) is 3.94. The number of nitrogens with zero attached hydrogens (tertiary/aromatic N) is 2. The van der Waals surface area contributed by atoms with Crippen LogP contribution < -0.4 is 10.6 Å². The zero-order valence-electron chi connectivity index (χ0n) is 11.7. The van der Waals surface area contributed by atoms with Gasteiger partial charge in [-0.05, 0) is 44.5 Å². The highest BCUT2D eigenvalue weighted by atomic mass is 35.5. The molecule has 2 aliphatic rings. The van der Waals surface area contributed by atoms with Crippen LogP contribution in [0.4, 0.5) is 5.69 Å². The zero-order valence-corrected chi connectivity index (χ0v) is 13.3. The summed E-state index contributed by atoms with van der Waals surface area (Å²) < 4.78 is 0. The molecule has 1 aromatic rings. The van der Waals surface area contributed by atoms with Gasteiger partial charge in [0.1, 0.15) is 4.99 Å². The van der Waals surface area contributed by atoms with Crippen LogP contribution in [0.3, 0.4) is 0 Å². The van der Waals surface area contributed by atoms with Crippen molar-refractivity contribution in [1.82, 2.24) is 4.90 Å². The second-order valence-corrected chi connectivity index (χ2v) is 6.67. The molecule has 2 atom stereocenters. The molecular weight excluding hydrogens is 290 g/mol. The van der Waals surface area contributed by atoms with Gasteiger partial charge >= 0.3 is 0 Å². The minimum Gasteiger partial charge on any atom is -0.389 e. The normalized spacial score (nSPS) is 26.6. The van der Waals surface area contributed by atoms with Crippen molar-refractivity contribution in [3.8, 4) is 0 Å². The van der Waals surface area contributed by atoms with Gasteiger partial charge in [0.15, 0.2) is 0 Å². The van der Waals surface area contributed by atoms with E-state index in [-0.39, 0.29) is 0 Å². The van der Waals surface area contributed by atoms with Crippen molar-refractivity contribution < 1.29 is 0 Å². The molecule has 0 aliphatic carbocycles. The van der Waals surface area contributed by atoms with Crippen LogP contribution in [-0.4, -0.2) is 41.6 Å². The van der Waals surface area contributed by atoms with Crippen LogP contribution in [0.15, 0.2) is 18.2 Å². The second-order valence-electron chi connectivity index (χ2n) is 5.82. The summed E-state index contributed by atoms with van der Waals surface area (Å²) in [7, 11) is 0. The summed E-state index contributed by atoms with van der Waals surface area (Å²) in [5.74, 6) is 0. The Hall–Kier alpha value is -0.840. The van der Waals surface area contributed by atoms with Crippen molar-refractivity contribution in [3.63, 3.8) is 0 Å². The molecule has 2 N–H and O–H groups in total. The molecule has 2 unspecified atom stereocenters. The number of nitrogens with two attached hydrogens (primary N) is 1. The standard InChI is InChI=1S/C15H20ClN3S/c1-10-8-18-6-2-3-12(18)9-19(10)11-4-5-13(15(17)20)14(16)7-11/h4-5,7,10,12H,2-3,6,8-9H2,1H3,(H2,17,20). The SMILES string of the molecule is CC1CN2CCCC2CN1c1ccc(C(N)=S)c(Cl)c1. The number of benzene rings is 1. The Morgan fingerprint density at radius 3 is 2.90 bits per heavy atom. The lowest BCUT2D eigenvalue weighted by Crippen LogP contribution is -2.55. The van der Waals surface area contributed by atoms with Gasteiger partial charge in [0.05, 0.1) is 5.02 Å². The Balaban J connectivity index is 1.85. The highest BCUT2D eigenvalue weighted by Gasteiger charge is 2.34. The lowest BCUT2D eigenvalue weighted by molar-refractivity contribution is 0.203. The van der Waals surface area contributed by atoms with Gasteiger partial charge in [0.2, 0.25) is 0 Å². The van der Waals surface area contributed by atoms with Crippen LogP contribution in [0.1, 0.15) is 25.3 Å². The number of piperazine rings is 1. The Labute approximate surface area is 130 Å². The van der Waals surface area contributed by atoms with E-state index in [1.54, 1.807) is 0 Å². The molecule has 2 saturated heterocycles. The fraction of sp³-hybridized carbons (Fsp3) is 0.533. The van der Waals surface area contributed by atoms with E-state index in [4.69, 9.17) is 29.6 Å². The molecule has 1 aromatic carbocycles. The van der Waals surface area contributed by atoms with Gasteiger partial charge < -0.3 is 10.6 Å². The summed E-state index contributed by atoms with van der Waals surface area (Å²) in [6.07, 6.45) is 2.63. The van der Waals surface area contributed by atoms with Crippen molar-refractivity contribution in [2.45, 2.75) is 31.8 Å². The molecule has 2 aliphatic heterocycles. The van der Waals surface area contributed by atoms with Crippen molar-refractivity contribution in [2.75, 3.05) is 24.5 Å². The molecule has 5 heteroatoms. The molecule has 0 aromatic heterocycles. The summed E-state index contributed by atoms with van der Waals surface area (Å²) in [6.45, 7) is 5.76. The Bertz CT molecular complexity index is 534. The zero-order chi connectivity index (χ0) is 14.3. The first-order chi connectivity index (χ1) is 9.56. The third-order valence-electron chi connectivity index (χ3n) is 4.49. The molecule has 2 fully saturated rings. The second kappa shape index (κ2) is 5.51. The van der Waals surface area contributed by atoms with Gasteiger partial charge in [-0.2, -0.15) is 0 Å². The maximum atomic E-state index is 6.30. The Morgan fingerprint density at radius 2 is 2.20 bits per heavy atom. The van der Waals surface area contributed by atoms with Crippen molar-refractivity contribution >= 4 is 34.5 Å². The number of hydrogen-bond acceptors (Lipinski definition) is 3.